The predicted molar refractivity (Wildman–Crippen MR) is 144 cm³/mol. The Hall–Kier alpha value is -4.65. The fraction of sp³-hybridized carbons (Fsp3) is 0.138. The van der Waals surface area contributed by atoms with Gasteiger partial charge in [0.15, 0.2) is 17.3 Å². The van der Waals surface area contributed by atoms with Gasteiger partial charge in [-0.05, 0) is 29.5 Å². The average molecular weight is 476 g/mol. The van der Waals surface area contributed by atoms with Gasteiger partial charge in [0.2, 0.25) is 0 Å². The van der Waals surface area contributed by atoms with Crippen molar-refractivity contribution in [1.82, 2.24) is 19.9 Å². The van der Waals surface area contributed by atoms with E-state index in [2.05, 4.69) is 45.7 Å². The molecule has 0 amide bonds. The first kappa shape index (κ1) is 21.9. The highest BCUT2D eigenvalue weighted by molar-refractivity contribution is 5.97. The number of anilines is 1. The van der Waals surface area contributed by atoms with Crippen molar-refractivity contribution in [3.05, 3.63) is 84.8 Å². The van der Waals surface area contributed by atoms with Crippen LogP contribution < -0.4 is 14.8 Å². The number of rotatable bonds is 7. The van der Waals surface area contributed by atoms with Gasteiger partial charge in [-0.1, -0.05) is 42.5 Å². The second kappa shape index (κ2) is 9.19. The van der Waals surface area contributed by atoms with Gasteiger partial charge < -0.3 is 19.8 Å². The molecule has 0 aliphatic heterocycles. The molecule has 3 aromatic heterocycles. The molecule has 0 spiro atoms. The third-order valence-electron chi connectivity index (χ3n) is 6.47. The van der Waals surface area contributed by atoms with Gasteiger partial charge in [0, 0.05) is 58.4 Å². The van der Waals surface area contributed by atoms with Crippen LogP contribution in [0.2, 0.25) is 0 Å². The zero-order chi connectivity index (χ0) is 24.5. The van der Waals surface area contributed by atoms with Gasteiger partial charge in [-0.2, -0.15) is 0 Å². The molecule has 0 fully saturated rings. The zero-order valence-electron chi connectivity index (χ0n) is 20.1. The second-order valence-corrected chi connectivity index (χ2v) is 8.56. The second-order valence-electron chi connectivity index (χ2n) is 8.56. The smallest absolute Gasteiger partial charge is 0.164 e. The lowest BCUT2D eigenvalue weighted by Gasteiger charge is -2.14. The highest BCUT2D eigenvalue weighted by Gasteiger charge is 2.16. The summed E-state index contributed by atoms with van der Waals surface area (Å²) in [7, 11) is 3.26. The summed E-state index contributed by atoms with van der Waals surface area (Å²) in [5, 5.41) is 7.75. The molecule has 6 rings (SSSR count). The summed E-state index contributed by atoms with van der Waals surface area (Å²) in [6, 6.07) is 20.3. The summed E-state index contributed by atoms with van der Waals surface area (Å²) in [6.45, 7) is 0.704. The summed E-state index contributed by atoms with van der Waals surface area (Å²) in [5.41, 5.74) is 4.04. The van der Waals surface area contributed by atoms with Gasteiger partial charge in [-0.15, -0.1) is 0 Å². The van der Waals surface area contributed by atoms with Gasteiger partial charge in [0.25, 0.3) is 0 Å². The largest absolute Gasteiger partial charge is 0.493 e. The lowest BCUT2D eigenvalue weighted by Crippen LogP contribution is -2.08. The Bertz CT molecular complexity index is 1700. The first-order valence-corrected chi connectivity index (χ1v) is 11.8. The van der Waals surface area contributed by atoms with Crippen LogP contribution in [0.25, 0.3) is 44.0 Å². The van der Waals surface area contributed by atoms with E-state index in [0.29, 0.717) is 23.9 Å². The van der Waals surface area contributed by atoms with Crippen LogP contribution in [-0.4, -0.2) is 40.7 Å². The molecule has 0 aliphatic rings. The molecule has 6 aromatic rings. The van der Waals surface area contributed by atoms with Crippen LogP contribution in [0.1, 0.15) is 5.56 Å². The Kier molecular flexibility index (Phi) is 5.58. The van der Waals surface area contributed by atoms with Crippen molar-refractivity contribution in [3.63, 3.8) is 0 Å². The van der Waals surface area contributed by atoms with E-state index in [0.717, 1.165) is 45.0 Å². The number of fused-ring (bicyclic) bond motifs is 3. The summed E-state index contributed by atoms with van der Waals surface area (Å²) < 4.78 is 11.1. The summed E-state index contributed by atoms with van der Waals surface area (Å²) in [6.07, 6.45) is 6.59. The minimum atomic E-state index is 0.605. The molecule has 0 atom stereocenters. The van der Waals surface area contributed by atoms with E-state index < -0.39 is 0 Å². The standard InChI is InChI=1S/C29H25N5O2/c1-35-26-13-22-25(14-27(26)36-2)33-29(23-17-30-15-18-7-3-4-8-20(18)23)34-28(22)31-12-11-19-16-32-24-10-6-5-9-21(19)24/h3-10,13-17,32H,11-12H2,1-2H3,(H,31,33,34). The van der Waals surface area contributed by atoms with Crippen LogP contribution in [-0.2, 0) is 6.42 Å². The topological polar surface area (TPSA) is 85.0 Å². The van der Waals surface area contributed by atoms with Crippen LogP contribution in [0.4, 0.5) is 5.82 Å². The number of benzene rings is 3. The molecule has 0 saturated carbocycles. The number of hydrogen-bond donors (Lipinski definition) is 2. The monoisotopic (exact) mass is 475 g/mol. The molecule has 0 bridgehead atoms. The third-order valence-corrected chi connectivity index (χ3v) is 6.47. The maximum atomic E-state index is 5.56. The molecule has 178 valence electrons. The van der Waals surface area contributed by atoms with Crippen molar-refractivity contribution < 1.29 is 9.47 Å². The first-order chi connectivity index (χ1) is 17.7. The van der Waals surface area contributed by atoms with Crippen LogP contribution in [0.15, 0.2) is 79.3 Å². The Morgan fingerprint density at radius 3 is 2.47 bits per heavy atom. The van der Waals surface area contributed by atoms with Crippen LogP contribution in [0, 0.1) is 0 Å². The van der Waals surface area contributed by atoms with Crippen molar-refractivity contribution in [2.45, 2.75) is 6.42 Å². The molecule has 3 heterocycles. The van der Waals surface area contributed by atoms with Crippen LogP contribution in [0.3, 0.4) is 0 Å². The lowest BCUT2D eigenvalue weighted by atomic mass is 10.1. The molecule has 2 N–H and O–H groups in total. The van der Waals surface area contributed by atoms with Crippen molar-refractivity contribution in [2.24, 2.45) is 0 Å². The van der Waals surface area contributed by atoms with Gasteiger partial charge in [-0.25, -0.2) is 9.97 Å². The van der Waals surface area contributed by atoms with Crippen molar-refractivity contribution in [3.8, 4) is 22.9 Å². The number of para-hydroxylation sites is 1. The number of hydrogen-bond acceptors (Lipinski definition) is 6. The normalized spacial score (nSPS) is 11.3. The number of nitrogens with zero attached hydrogens (tertiary/aromatic N) is 3. The SMILES string of the molecule is COc1cc2nc(-c3cncc4ccccc34)nc(NCCc3c[nH]c4ccccc34)c2cc1OC. The molecular formula is C29H25N5O2. The van der Waals surface area contributed by atoms with E-state index in [-0.39, 0.29) is 0 Å². The number of H-pyrrole nitrogens is 1. The number of pyridine rings is 1. The number of aromatic amines is 1. The highest BCUT2D eigenvalue weighted by atomic mass is 16.5. The van der Waals surface area contributed by atoms with Crippen molar-refractivity contribution in [2.75, 3.05) is 26.1 Å². The third kappa shape index (κ3) is 3.84. The van der Waals surface area contributed by atoms with Crippen molar-refractivity contribution in [1.29, 1.82) is 0 Å². The summed E-state index contributed by atoms with van der Waals surface area (Å²) >= 11 is 0. The van der Waals surface area contributed by atoms with E-state index in [1.165, 1.54) is 10.9 Å². The Morgan fingerprint density at radius 2 is 1.61 bits per heavy atom. The van der Waals surface area contributed by atoms with E-state index >= 15 is 0 Å². The molecule has 36 heavy (non-hydrogen) atoms. The molecule has 0 radical (unpaired) electrons. The fourth-order valence-electron chi connectivity index (χ4n) is 4.66. The maximum Gasteiger partial charge on any atom is 0.164 e. The predicted octanol–water partition coefficient (Wildman–Crippen LogP) is 6.00. The number of methoxy groups -OCH3 is 2. The minimum absolute atomic E-state index is 0.605. The zero-order valence-corrected chi connectivity index (χ0v) is 20.1. The van der Waals surface area contributed by atoms with E-state index in [1.807, 2.05) is 48.8 Å². The van der Waals surface area contributed by atoms with E-state index in [9.17, 15) is 0 Å². The number of aromatic nitrogens is 4. The first-order valence-electron chi connectivity index (χ1n) is 11.8. The Labute approximate surface area is 208 Å². The van der Waals surface area contributed by atoms with Gasteiger partial charge in [0.05, 0.1) is 19.7 Å². The van der Waals surface area contributed by atoms with Crippen molar-refractivity contribution >= 4 is 38.4 Å². The van der Waals surface area contributed by atoms with E-state index in [1.54, 1.807) is 14.2 Å². The minimum Gasteiger partial charge on any atom is -0.493 e. The molecule has 0 aliphatic carbocycles. The molecule has 0 unspecified atom stereocenters. The molecule has 0 saturated heterocycles. The lowest BCUT2D eigenvalue weighted by molar-refractivity contribution is 0.356. The highest BCUT2D eigenvalue weighted by Crippen LogP contribution is 2.36. The molecule has 7 heteroatoms. The van der Waals surface area contributed by atoms with Gasteiger partial charge in [-0.3, -0.25) is 4.98 Å². The molecular weight excluding hydrogens is 450 g/mol. The fourth-order valence-corrected chi connectivity index (χ4v) is 4.66. The number of ether oxygens (including phenoxy) is 2. The Balaban J connectivity index is 1.43. The molecule has 3 aromatic carbocycles. The van der Waals surface area contributed by atoms with Gasteiger partial charge in [0.1, 0.15) is 5.82 Å². The quantitative estimate of drug-likeness (QED) is 0.295. The van der Waals surface area contributed by atoms with Crippen LogP contribution in [0.5, 0.6) is 11.5 Å². The number of nitrogens with one attached hydrogen (secondary N) is 2. The van der Waals surface area contributed by atoms with E-state index in [4.69, 9.17) is 19.4 Å². The summed E-state index contributed by atoms with van der Waals surface area (Å²) in [5.74, 6) is 2.60. The maximum absolute atomic E-state index is 5.56. The molecule has 7 nitrogen and oxygen atoms in total. The Morgan fingerprint density at radius 1 is 0.833 bits per heavy atom. The van der Waals surface area contributed by atoms with Crippen LogP contribution >= 0.6 is 0 Å². The summed E-state index contributed by atoms with van der Waals surface area (Å²) in [4.78, 5) is 17.7. The average Bonchev–Trinajstić information content (AvgIpc) is 3.34. The van der Waals surface area contributed by atoms with Gasteiger partial charge >= 0.3 is 0 Å².